The van der Waals surface area contributed by atoms with Gasteiger partial charge in [0.15, 0.2) is 0 Å². The van der Waals surface area contributed by atoms with Gasteiger partial charge in [-0.25, -0.2) is 0 Å². The molecule has 0 aliphatic carbocycles. The molecule has 1 saturated heterocycles. The van der Waals surface area contributed by atoms with Gasteiger partial charge in [0.2, 0.25) is 0 Å². The number of benzene rings is 2. The van der Waals surface area contributed by atoms with Crippen molar-refractivity contribution < 1.29 is 4.79 Å². The van der Waals surface area contributed by atoms with E-state index in [4.69, 9.17) is 11.6 Å². The maximum Gasteiger partial charge on any atom is 0.251 e. The van der Waals surface area contributed by atoms with Crippen LogP contribution in [-0.2, 0) is 0 Å². The van der Waals surface area contributed by atoms with Gasteiger partial charge in [-0.3, -0.25) is 9.69 Å². The first-order chi connectivity index (χ1) is 11.6. The Hall–Kier alpha value is -1.84. The SMILES string of the molecule is Cc1ccc(C(CNC(=O)c2ccc(Cl)cc2)N2CCCC2)cc1. The highest BCUT2D eigenvalue weighted by atomic mass is 35.5. The molecule has 1 aliphatic rings. The number of nitrogens with one attached hydrogen (secondary N) is 1. The fraction of sp³-hybridized carbons (Fsp3) is 0.350. The zero-order valence-corrected chi connectivity index (χ0v) is 14.7. The Kier molecular flexibility index (Phi) is 5.54. The molecule has 1 N–H and O–H groups in total. The van der Waals surface area contributed by atoms with Gasteiger partial charge in [-0.2, -0.15) is 0 Å². The van der Waals surface area contributed by atoms with E-state index in [1.54, 1.807) is 24.3 Å². The van der Waals surface area contributed by atoms with E-state index in [1.807, 2.05) is 0 Å². The molecule has 1 amide bonds. The van der Waals surface area contributed by atoms with Gasteiger partial charge < -0.3 is 5.32 Å². The van der Waals surface area contributed by atoms with E-state index in [9.17, 15) is 4.79 Å². The van der Waals surface area contributed by atoms with E-state index in [0.29, 0.717) is 17.1 Å². The van der Waals surface area contributed by atoms with Crippen molar-refractivity contribution in [3.8, 4) is 0 Å². The normalized spacial score (nSPS) is 16.1. The summed E-state index contributed by atoms with van der Waals surface area (Å²) in [6.07, 6.45) is 2.46. The van der Waals surface area contributed by atoms with Crippen LogP contribution in [0.25, 0.3) is 0 Å². The van der Waals surface area contributed by atoms with Crippen molar-refractivity contribution in [2.75, 3.05) is 19.6 Å². The van der Waals surface area contributed by atoms with Gasteiger partial charge >= 0.3 is 0 Å². The molecule has 0 saturated carbocycles. The Morgan fingerprint density at radius 2 is 1.71 bits per heavy atom. The van der Waals surface area contributed by atoms with E-state index in [2.05, 4.69) is 41.4 Å². The van der Waals surface area contributed by atoms with Crippen molar-refractivity contribution in [2.45, 2.75) is 25.8 Å². The summed E-state index contributed by atoms with van der Waals surface area (Å²) in [6, 6.07) is 15.9. The standard InChI is InChI=1S/C20H23ClN2O/c1-15-4-6-16(7-5-15)19(23-12-2-3-13-23)14-22-20(24)17-8-10-18(21)11-9-17/h4-11,19H,2-3,12-14H2,1H3,(H,22,24). The van der Waals surface area contributed by atoms with E-state index in [0.717, 1.165) is 13.1 Å². The molecule has 0 spiro atoms. The highest BCUT2D eigenvalue weighted by molar-refractivity contribution is 6.30. The van der Waals surface area contributed by atoms with Crippen molar-refractivity contribution in [2.24, 2.45) is 0 Å². The van der Waals surface area contributed by atoms with Gasteiger partial charge in [-0.05, 0) is 62.7 Å². The van der Waals surface area contributed by atoms with Crippen LogP contribution in [0.5, 0.6) is 0 Å². The molecule has 1 heterocycles. The number of hydrogen-bond acceptors (Lipinski definition) is 2. The molecule has 24 heavy (non-hydrogen) atoms. The Morgan fingerprint density at radius 1 is 1.08 bits per heavy atom. The molecule has 0 radical (unpaired) electrons. The lowest BCUT2D eigenvalue weighted by Gasteiger charge is -2.28. The molecule has 126 valence electrons. The summed E-state index contributed by atoms with van der Waals surface area (Å²) in [7, 11) is 0. The Morgan fingerprint density at radius 3 is 2.33 bits per heavy atom. The summed E-state index contributed by atoms with van der Waals surface area (Å²) in [5.74, 6) is -0.0528. The predicted octanol–water partition coefficient (Wildman–Crippen LogP) is 4.22. The summed E-state index contributed by atoms with van der Waals surface area (Å²) < 4.78 is 0. The van der Waals surface area contributed by atoms with Crippen molar-refractivity contribution >= 4 is 17.5 Å². The third kappa shape index (κ3) is 4.16. The second-order valence-corrected chi connectivity index (χ2v) is 6.82. The first kappa shape index (κ1) is 17.0. The number of hydrogen-bond donors (Lipinski definition) is 1. The van der Waals surface area contributed by atoms with Gasteiger partial charge in [-0.1, -0.05) is 41.4 Å². The molecule has 1 unspecified atom stereocenters. The molecule has 4 heteroatoms. The highest BCUT2D eigenvalue weighted by Crippen LogP contribution is 2.25. The van der Waals surface area contributed by atoms with Crippen LogP contribution < -0.4 is 5.32 Å². The van der Waals surface area contributed by atoms with Crippen LogP contribution in [0.2, 0.25) is 5.02 Å². The first-order valence-corrected chi connectivity index (χ1v) is 8.85. The number of halogens is 1. The molecule has 1 atom stereocenters. The van der Waals surface area contributed by atoms with Crippen LogP contribution in [0.4, 0.5) is 0 Å². The van der Waals surface area contributed by atoms with E-state index >= 15 is 0 Å². The summed E-state index contributed by atoms with van der Waals surface area (Å²) in [4.78, 5) is 14.9. The first-order valence-electron chi connectivity index (χ1n) is 8.48. The highest BCUT2D eigenvalue weighted by Gasteiger charge is 2.24. The Labute approximate surface area is 148 Å². The van der Waals surface area contributed by atoms with Gasteiger partial charge in [0.05, 0.1) is 6.04 Å². The van der Waals surface area contributed by atoms with Gasteiger partial charge in [0.25, 0.3) is 5.91 Å². The lowest BCUT2D eigenvalue weighted by atomic mass is 10.0. The van der Waals surface area contributed by atoms with Gasteiger partial charge in [0.1, 0.15) is 0 Å². The summed E-state index contributed by atoms with van der Waals surface area (Å²) in [5.41, 5.74) is 3.16. The summed E-state index contributed by atoms with van der Waals surface area (Å²) >= 11 is 5.88. The quantitative estimate of drug-likeness (QED) is 0.882. The molecule has 0 aromatic heterocycles. The average Bonchev–Trinajstić information content (AvgIpc) is 3.11. The predicted molar refractivity (Wildman–Crippen MR) is 98.5 cm³/mol. The number of amides is 1. The van der Waals surface area contributed by atoms with Crippen LogP contribution in [-0.4, -0.2) is 30.4 Å². The third-order valence-electron chi connectivity index (χ3n) is 4.61. The molecular formula is C20H23ClN2O. The topological polar surface area (TPSA) is 32.3 Å². The van der Waals surface area contributed by atoms with E-state index in [1.165, 1.54) is 24.0 Å². The molecule has 3 nitrogen and oxygen atoms in total. The Bertz CT molecular complexity index is 676. The molecule has 3 rings (SSSR count). The smallest absolute Gasteiger partial charge is 0.251 e. The lowest BCUT2D eigenvalue weighted by molar-refractivity contribution is 0.0938. The summed E-state index contributed by atoms with van der Waals surface area (Å²) in [5, 5.41) is 3.72. The number of aryl methyl sites for hydroxylation is 1. The van der Waals surface area contributed by atoms with E-state index < -0.39 is 0 Å². The number of likely N-dealkylation sites (tertiary alicyclic amines) is 1. The zero-order valence-electron chi connectivity index (χ0n) is 14.0. The van der Waals surface area contributed by atoms with Crippen LogP contribution in [0, 0.1) is 6.92 Å². The summed E-state index contributed by atoms with van der Waals surface area (Å²) in [6.45, 7) is 4.90. The van der Waals surface area contributed by atoms with Crippen molar-refractivity contribution in [1.29, 1.82) is 0 Å². The minimum atomic E-state index is -0.0528. The maximum absolute atomic E-state index is 12.4. The molecule has 1 aliphatic heterocycles. The fourth-order valence-corrected chi connectivity index (χ4v) is 3.32. The molecular weight excluding hydrogens is 320 g/mol. The fourth-order valence-electron chi connectivity index (χ4n) is 3.19. The minimum Gasteiger partial charge on any atom is -0.350 e. The maximum atomic E-state index is 12.4. The second-order valence-electron chi connectivity index (χ2n) is 6.39. The number of nitrogens with zero attached hydrogens (tertiary/aromatic N) is 1. The van der Waals surface area contributed by atoms with Gasteiger partial charge in [0, 0.05) is 17.1 Å². The molecule has 0 bridgehead atoms. The third-order valence-corrected chi connectivity index (χ3v) is 4.86. The zero-order chi connectivity index (χ0) is 16.9. The van der Waals surface area contributed by atoms with Crippen LogP contribution >= 0.6 is 11.6 Å². The van der Waals surface area contributed by atoms with E-state index in [-0.39, 0.29) is 11.9 Å². The minimum absolute atomic E-state index is 0.0528. The number of carbonyl (C=O) groups is 1. The number of rotatable bonds is 5. The second kappa shape index (κ2) is 7.82. The Balaban J connectivity index is 1.70. The monoisotopic (exact) mass is 342 g/mol. The van der Waals surface area contributed by atoms with Crippen LogP contribution in [0.1, 0.15) is 40.4 Å². The molecule has 1 fully saturated rings. The van der Waals surface area contributed by atoms with Crippen LogP contribution in [0.3, 0.4) is 0 Å². The van der Waals surface area contributed by atoms with Crippen molar-refractivity contribution in [3.63, 3.8) is 0 Å². The lowest BCUT2D eigenvalue weighted by Crippen LogP contribution is -2.36. The van der Waals surface area contributed by atoms with Crippen LogP contribution in [0.15, 0.2) is 48.5 Å². The molecule has 2 aromatic rings. The van der Waals surface area contributed by atoms with Crippen molar-refractivity contribution in [1.82, 2.24) is 10.2 Å². The number of carbonyl (C=O) groups excluding carboxylic acids is 1. The van der Waals surface area contributed by atoms with Crippen molar-refractivity contribution in [3.05, 3.63) is 70.2 Å². The molecule has 2 aromatic carbocycles. The van der Waals surface area contributed by atoms with Gasteiger partial charge in [-0.15, -0.1) is 0 Å². The largest absolute Gasteiger partial charge is 0.350 e. The average molecular weight is 343 g/mol.